The van der Waals surface area contributed by atoms with E-state index in [0.29, 0.717) is 11.7 Å². The minimum Gasteiger partial charge on any atom is -0.334 e. The van der Waals surface area contributed by atoms with Gasteiger partial charge in [-0.25, -0.2) is 8.42 Å². The van der Waals surface area contributed by atoms with E-state index in [4.69, 9.17) is 10.3 Å². The largest absolute Gasteiger partial charge is 0.334 e. The summed E-state index contributed by atoms with van der Waals surface area (Å²) in [6.07, 6.45) is 6.96. The third-order valence-electron chi connectivity index (χ3n) is 5.50. The van der Waals surface area contributed by atoms with Gasteiger partial charge in [-0.3, -0.25) is 0 Å². The zero-order chi connectivity index (χ0) is 17.7. The molecule has 2 N–H and O–H groups in total. The normalized spacial score (nSPS) is 22.2. The average Bonchev–Trinajstić information content (AvgIpc) is 3.00. The Morgan fingerprint density at radius 1 is 1.32 bits per heavy atom. The molecule has 1 fully saturated rings. The lowest BCUT2D eigenvalue weighted by molar-refractivity contribution is 0.249. The highest BCUT2D eigenvalue weighted by Gasteiger charge is 2.45. The van der Waals surface area contributed by atoms with Gasteiger partial charge in [-0.1, -0.05) is 17.6 Å². The van der Waals surface area contributed by atoms with E-state index in [1.807, 2.05) is 12.1 Å². The summed E-state index contributed by atoms with van der Waals surface area (Å²) in [6.45, 7) is 0. The quantitative estimate of drug-likeness (QED) is 0.898. The standard InChI is InChI=1S/C18H23N3O3S/c1-25(22,23)11-18(8-3-9-18)17-20-16(24-21-17)13-6-7-14-12(10-13)4-2-5-15(14)19/h6-7,10,15H,2-5,8-9,11,19H2,1H3. The highest BCUT2D eigenvalue weighted by Crippen LogP contribution is 2.44. The molecule has 0 spiro atoms. The van der Waals surface area contributed by atoms with Crippen LogP contribution in [0.2, 0.25) is 0 Å². The molecule has 0 radical (unpaired) electrons. The molecule has 6 nitrogen and oxygen atoms in total. The van der Waals surface area contributed by atoms with Crippen molar-refractivity contribution >= 4 is 9.84 Å². The summed E-state index contributed by atoms with van der Waals surface area (Å²) in [7, 11) is -3.10. The minimum absolute atomic E-state index is 0.0814. The zero-order valence-electron chi connectivity index (χ0n) is 14.4. The van der Waals surface area contributed by atoms with Crippen molar-refractivity contribution in [2.45, 2.75) is 50.0 Å². The van der Waals surface area contributed by atoms with Crippen LogP contribution in [0.3, 0.4) is 0 Å². The van der Waals surface area contributed by atoms with Gasteiger partial charge < -0.3 is 10.3 Å². The fourth-order valence-electron chi connectivity index (χ4n) is 4.08. The van der Waals surface area contributed by atoms with Crippen LogP contribution in [0.5, 0.6) is 0 Å². The topological polar surface area (TPSA) is 99.1 Å². The first-order valence-corrected chi connectivity index (χ1v) is 10.8. The van der Waals surface area contributed by atoms with Crippen LogP contribution in [-0.4, -0.2) is 30.6 Å². The number of aryl methyl sites for hydroxylation is 1. The zero-order valence-corrected chi connectivity index (χ0v) is 15.2. The van der Waals surface area contributed by atoms with E-state index in [2.05, 4.69) is 16.2 Å². The second kappa shape index (κ2) is 5.92. The Hall–Kier alpha value is -1.73. The molecule has 2 aromatic rings. The van der Waals surface area contributed by atoms with Gasteiger partial charge in [-0.2, -0.15) is 4.98 Å². The number of fused-ring (bicyclic) bond motifs is 1. The fraction of sp³-hybridized carbons (Fsp3) is 0.556. The van der Waals surface area contributed by atoms with Crippen LogP contribution in [0, 0.1) is 0 Å². The number of nitrogens with two attached hydrogens (primary N) is 1. The number of aromatic nitrogens is 2. The monoisotopic (exact) mass is 361 g/mol. The van der Waals surface area contributed by atoms with Crippen molar-refractivity contribution in [2.75, 3.05) is 12.0 Å². The van der Waals surface area contributed by atoms with Gasteiger partial charge in [0.25, 0.3) is 5.89 Å². The molecular weight excluding hydrogens is 338 g/mol. The van der Waals surface area contributed by atoms with E-state index in [1.54, 1.807) is 0 Å². The van der Waals surface area contributed by atoms with Gasteiger partial charge >= 0.3 is 0 Å². The molecule has 0 bridgehead atoms. The van der Waals surface area contributed by atoms with Crippen LogP contribution < -0.4 is 5.73 Å². The minimum atomic E-state index is -3.10. The van der Waals surface area contributed by atoms with Crippen molar-refractivity contribution in [3.05, 3.63) is 35.2 Å². The van der Waals surface area contributed by atoms with Gasteiger partial charge in [0.1, 0.15) is 9.84 Å². The number of benzene rings is 1. The predicted molar refractivity (Wildman–Crippen MR) is 94.8 cm³/mol. The molecule has 0 amide bonds. The second-order valence-electron chi connectivity index (χ2n) is 7.54. The predicted octanol–water partition coefficient (Wildman–Crippen LogP) is 2.54. The van der Waals surface area contributed by atoms with Crippen LogP contribution in [0.25, 0.3) is 11.5 Å². The Morgan fingerprint density at radius 3 is 2.80 bits per heavy atom. The summed E-state index contributed by atoms with van der Waals surface area (Å²) in [4.78, 5) is 4.55. The van der Waals surface area contributed by atoms with Gasteiger partial charge in [0.15, 0.2) is 5.82 Å². The number of nitrogens with zero attached hydrogens (tertiary/aromatic N) is 2. The fourth-order valence-corrected chi connectivity index (χ4v) is 5.50. The van der Waals surface area contributed by atoms with Crippen molar-refractivity contribution in [1.82, 2.24) is 10.1 Å². The summed E-state index contributed by atoms with van der Waals surface area (Å²) in [5.74, 6) is 1.06. The molecule has 1 unspecified atom stereocenters. The Labute approximate surface area is 147 Å². The van der Waals surface area contributed by atoms with E-state index in [0.717, 1.165) is 44.1 Å². The van der Waals surface area contributed by atoms with Crippen LogP contribution in [-0.2, 0) is 21.7 Å². The van der Waals surface area contributed by atoms with Gasteiger partial charge in [0.05, 0.1) is 5.75 Å². The molecular formula is C18H23N3O3S. The first-order valence-electron chi connectivity index (χ1n) is 8.77. The Morgan fingerprint density at radius 2 is 2.12 bits per heavy atom. The SMILES string of the molecule is CS(=O)(=O)CC1(c2noc(-c3ccc4c(c3)CCCC4N)n2)CCC1. The van der Waals surface area contributed by atoms with Crippen LogP contribution in [0.4, 0.5) is 0 Å². The molecule has 0 aliphatic heterocycles. The van der Waals surface area contributed by atoms with Crippen LogP contribution in [0.15, 0.2) is 22.7 Å². The van der Waals surface area contributed by atoms with Gasteiger partial charge in [0, 0.05) is 23.3 Å². The molecule has 25 heavy (non-hydrogen) atoms. The van der Waals surface area contributed by atoms with Crippen molar-refractivity contribution in [1.29, 1.82) is 0 Å². The Bertz CT molecular complexity index is 900. The lowest BCUT2D eigenvalue weighted by Crippen LogP contribution is -2.41. The van der Waals surface area contributed by atoms with Crippen molar-refractivity contribution in [3.63, 3.8) is 0 Å². The Balaban J connectivity index is 1.65. The third-order valence-corrected chi connectivity index (χ3v) is 6.58. The highest BCUT2D eigenvalue weighted by atomic mass is 32.2. The smallest absolute Gasteiger partial charge is 0.257 e. The van der Waals surface area contributed by atoms with E-state index in [1.165, 1.54) is 17.4 Å². The van der Waals surface area contributed by atoms with Crippen LogP contribution in [0.1, 0.15) is 55.1 Å². The van der Waals surface area contributed by atoms with Crippen molar-refractivity contribution in [3.8, 4) is 11.5 Å². The van der Waals surface area contributed by atoms with E-state index in [-0.39, 0.29) is 11.8 Å². The first kappa shape index (κ1) is 16.7. The molecule has 1 aromatic carbocycles. The molecule has 0 saturated heterocycles. The number of hydrogen-bond donors (Lipinski definition) is 1. The maximum Gasteiger partial charge on any atom is 0.257 e. The maximum absolute atomic E-state index is 11.8. The van der Waals surface area contributed by atoms with Crippen molar-refractivity contribution in [2.24, 2.45) is 5.73 Å². The van der Waals surface area contributed by atoms with Gasteiger partial charge in [-0.05, 0) is 55.4 Å². The molecule has 1 saturated carbocycles. The maximum atomic E-state index is 11.8. The van der Waals surface area contributed by atoms with E-state index in [9.17, 15) is 8.42 Å². The molecule has 7 heteroatoms. The van der Waals surface area contributed by atoms with E-state index >= 15 is 0 Å². The highest BCUT2D eigenvalue weighted by molar-refractivity contribution is 7.90. The lowest BCUT2D eigenvalue weighted by atomic mass is 9.70. The molecule has 4 rings (SSSR count). The number of hydrogen-bond acceptors (Lipinski definition) is 6. The summed E-state index contributed by atoms with van der Waals surface area (Å²) >= 11 is 0. The molecule has 1 heterocycles. The van der Waals surface area contributed by atoms with Crippen LogP contribution >= 0.6 is 0 Å². The molecule has 1 atom stereocenters. The summed E-state index contributed by atoms with van der Waals surface area (Å²) in [5.41, 5.74) is 9.01. The molecule has 1 aromatic heterocycles. The third kappa shape index (κ3) is 3.11. The Kier molecular flexibility index (Phi) is 3.96. The second-order valence-corrected chi connectivity index (χ2v) is 9.68. The first-order chi connectivity index (χ1) is 11.9. The van der Waals surface area contributed by atoms with Gasteiger partial charge in [0.2, 0.25) is 0 Å². The summed E-state index contributed by atoms with van der Waals surface area (Å²) in [5, 5.41) is 4.12. The molecule has 134 valence electrons. The van der Waals surface area contributed by atoms with Crippen molar-refractivity contribution < 1.29 is 12.9 Å². The molecule has 2 aliphatic carbocycles. The van der Waals surface area contributed by atoms with Gasteiger partial charge in [-0.15, -0.1) is 0 Å². The number of sulfone groups is 1. The summed E-state index contributed by atoms with van der Waals surface area (Å²) in [6, 6.07) is 6.19. The molecule has 2 aliphatic rings. The average molecular weight is 361 g/mol. The summed E-state index contributed by atoms with van der Waals surface area (Å²) < 4.78 is 29.0. The lowest BCUT2D eigenvalue weighted by Gasteiger charge is -2.38. The number of rotatable bonds is 4. The van der Waals surface area contributed by atoms with E-state index < -0.39 is 15.3 Å².